The predicted octanol–water partition coefficient (Wildman–Crippen LogP) is 4.71. The maximum absolute atomic E-state index is 8.97. The highest BCUT2D eigenvalue weighted by Crippen LogP contribution is 2.35. The van der Waals surface area contributed by atoms with Crippen LogP contribution in [0.15, 0.2) is 34.8 Å². The number of rotatable bonds is 8. The molecule has 0 atom stereocenters. The number of hydrogen-bond donors (Lipinski definition) is 0. The van der Waals surface area contributed by atoms with Crippen molar-refractivity contribution in [2.45, 2.75) is 20.5 Å². The van der Waals surface area contributed by atoms with Crippen molar-refractivity contribution in [3.05, 3.63) is 45.9 Å². The lowest BCUT2D eigenvalue weighted by molar-refractivity contribution is 0.275. The Morgan fingerprint density at radius 1 is 0.920 bits per heavy atom. The number of methoxy groups -OCH3 is 1. The van der Waals surface area contributed by atoms with Crippen molar-refractivity contribution in [1.29, 1.82) is 5.26 Å². The third-order valence-corrected chi connectivity index (χ3v) is 4.13. The van der Waals surface area contributed by atoms with Gasteiger partial charge in [0.2, 0.25) is 0 Å². The van der Waals surface area contributed by atoms with Gasteiger partial charge in [0, 0.05) is 16.1 Å². The molecule has 132 valence electrons. The summed E-state index contributed by atoms with van der Waals surface area (Å²) >= 11 is 3.54. The van der Waals surface area contributed by atoms with E-state index in [-0.39, 0.29) is 0 Å². The number of benzene rings is 2. The lowest BCUT2D eigenvalue weighted by Gasteiger charge is -2.15. The Bertz CT molecular complexity index is 771. The van der Waals surface area contributed by atoms with E-state index in [9.17, 15) is 0 Å². The molecule has 0 saturated heterocycles. The molecule has 0 aromatic heterocycles. The molecule has 0 radical (unpaired) electrons. The first-order valence-corrected chi connectivity index (χ1v) is 8.71. The Hall–Kier alpha value is -2.39. The van der Waals surface area contributed by atoms with Gasteiger partial charge < -0.3 is 18.9 Å². The molecule has 25 heavy (non-hydrogen) atoms. The first-order chi connectivity index (χ1) is 12.1. The molecule has 0 unspecified atom stereocenters. The molecule has 2 aromatic rings. The summed E-state index contributed by atoms with van der Waals surface area (Å²) in [6, 6.07) is 10.9. The first-order valence-electron chi connectivity index (χ1n) is 7.91. The van der Waals surface area contributed by atoms with Gasteiger partial charge in [-0.05, 0) is 38.1 Å². The van der Waals surface area contributed by atoms with Crippen molar-refractivity contribution in [3.8, 4) is 29.1 Å². The van der Waals surface area contributed by atoms with E-state index in [0.717, 1.165) is 10.0 Å². The van der Waals surface area contributed by atoms with Crippen LogP contribution in [0.1, 0.15) is 25.0 Å². The normalized spacial score (nSPS) is 10.0. The van der Waals surface area contributed by atoms with Crippen LogP contribution in [0.5, 0.6) is 23.0 Å². The van der Waals surface area contributed by atoms with E-state index < -0.39 is 0 Å². The Kier molecular flexibility index (Phi) is 6.96. The highest BCUT2D eigenvalue weighted by Gasteiger charge is 2.13. The minimum absolute atomic E-state index is 0.315. The number of nitrogens with zero attached hydrogens (tertiary/aromatic N) is 1. The van der Waals surface area contributed by atoms with Gasteiger partial charge >= 0.3 is 0 Å². The van der Waals surface area contributed by atoms with Crippen molar-refractivity contribution in [2.75, 3.05) is 20.3 Å². The van der Waals surface area contributed by atoms with Gasteiger partial charge in [0.05, 0.1) is 32.0 Å². The monoisotopic (exact) mass is 405 g/mol. The fraction of sp³-hybridized carbons (Fsp3) is 0.316. The molecule has 0 saturated carbocycles. The van der Waals surface area contributed by atoms with Crippen LogP contribution in [-0.4, -0.2) is 20.3 Å². The second kappa shape index (κ2) is 9.19. The molecule has 0 heterocycles. The second-order valence-corrected chi connectivity index (χ2v) is 5.88. The molecule has 0 aliphatic heterocycles. The van der Waals surface area contributed by atoms with Crippen molar-refractivity contribution in [2.24, 2.45) is 0 Å². The van der Waals surface area contributed by atoms with Crippen molar-refractivity contribution >= 4 is 15.9 Å². The summed E-state index contributed by atoms with van der Waals surface area (Å²) in [5.74, 6) is 2.46. The Labute approximate surface area is 156 Å². The zero-order valence-electron chi connectivity index (χ0n) is 14.5. The molecule has 0 spiro atoms. The molecule has 0 aliphatic carbocycles. The van der Waals surface area contributed by atoms with E-state index in [2.05, 4.69) is 22.0 Å². The average molecular weight is 406 g/mol. The molecule has 0 fully saturated rings. The number of hydrogen-bond acceptors (Lipinski definition) is 5. The van der Waals surface area contributed by atoms with E-state index in [4.69, 9.17) is 24.2 Å². The Morgan fingerprint density at radius 3 is 2.20 bits per heavy atom. The molecule has 2 rings (SSSR count). The van der Waals surface area contributed by atoms with Gasteiger partial charge in [-0.25, -0.2) is 0 Å². The molecular weight excluding hydrogens is 386 g/mol. The second-order valence-electron chi connectivity index (χ2n) is 5.02. The van der Waals surface area contributed by atoms with Crippen LogP contribution in [0.3, 0.4) is 0 Å². The fourth-order valence-electron chi connectivity index (χ4n) is 2.24. The predicted molar refractivity (Wildman–Crippen MR) is 98.5 cm³/mol. The van der Waals surface area contributed by atoms with Crippen LogP contribution < -0.4 is 18.9 Å². The first kappa shape index (κ1) is 18.9. The number of nitriles is 1. The molecule has 6 heteroatoms. The Morgan fingerprint density at radius 2 is 1.60 bits per heavy atom. The minimum Gasteiger partial charge on any atom is -0.493 e. The van der Waals surface area contributed by atoms with Crippen molar-refractivity contribution in [1.82, 2.24) is 0 Å². The van der Waals surface area contributed by atoms with E-state index in [1.54, 1.807) is 25.3 Å². The zero-order chi connectivity index (χ0) is 18.2. The van der Waals surface area contributed by atoms with Gasteiger partial charge in [-0.1, -0.05) is 15.9 Å². The third-order valence-electron chi connectivity index (χ3n) is 3.39. The SMILES string of the molecule is CCOc1cc(Br)c(COc2ccc(C#N)cc2OC)cc1OCC. The molecule has 0 N–H and O–H groups in total. The topological polar surface area (TPSA) is 60.7 Å². The molecular formula is C19H20BrNO4. The largest absolute Gasteiger partial charge is 0.493 e. The lowest BCUT2D eigenvalue weighted by Crippen LogP contribution is -2.03. The van der Waals surface area contributed by atoms with E-state index in [1.807, 2.05) is 26.0 Å². The van der Waals surface area contributed by atoms with Crippen molar-refractivity contribution in [3.63, 3.8) is 0 Å². The highest BCUT2D eigenvalue weighted by molar-refractivity contribution is 9.10. The number of ether oxygens (including phenoxy) is 4. The van der Waals surface area contributed by atoms with E-state index >= 15 is 0 Å². The molecule has 0 amide bonds. The van der Waals surface area contributed by atoms with Gasteiger partial charge in [-0.15, -0.1) is 0 Å². The minimum atomic E-state index is 0.315. The van der Waals surface area contributed by atoms with Crippen LogP contribution in [0.25, 0.3) is 0 Å². The fourth-order valence-corrected chi connectivity index (χ4v) is 2.67. The summed E-state index contributed by atoms with van der Waals surface area (Å²) in [4.78, 5) is 0. The third kappa shape index (κ3) is 4.80. The van der Waals surface area contributed by atoms with E-state index in [1.165, 1.54) is 0 Å². The summed E-state index contributed by atoms with van der Waals surface area (Å²) in [6.07, 6.45) is 0. The zero-order valence-corrected chi connectivity index (χ0v) is 16.1. The summed E-state index contributed by atoms with van der Waals surface area (Å²) in [5, 5.41) is 8.97. The summed E-state index contributed by atoms with van der Waals surface area (Å²) in [6.45, 7) is 5.28. The quantitative estimate of drug-likeness (QED) is 0.636. The standard InChI is InChI=1S/C19H20BrNO4/c1-4-23-18-9-14(15(20)10-19(18)24-5-2)12-25-16-7-6-13(11-21)8-17(16)22-3/h6-10H,4-5,12H2,1-3H3. The van der Waals surface area contributed by atoms with Crippen LogP contribution in [0.4, 0.5) is 0 Å². The summed E-state index contributed by atoms with van der Waals surface area (Å²) in [7, 11) is 1.54. The molecule has 0 aliphatic rings. The molecule has 5 nitrogen and oxygen atoms in total. The van der Waals surface area contributed by atoms with Gasteiger partial charge in [0.25, 0.3) is 0 Å². The molecule has 0 bridgehead atoms. The van der Waals surface area contributed by atoms with Gasteiger partial charge in [0.15, 0.2) is 23.0 Å². The smallest absolute Gasteiger partial charge is 0.162 e. The summed E-state index contributed by atoms with van der Waals surface area (Å²) < 4.78 is 23.3. The maximum Gasteiger partial charge on any atom is 0.162 e. The summed E-state index contributed by atoms with van der Waals surface area (Å²) in [5.41, 5.74) is 1.43. The van der Waals surface area contributed by atoms with Gasteiger partial charge in [-0.3, -0.25) is 0 Å². The van der Waals surface area contributed by atoms with Gasteiger partial charge in [-0.2, -0.15) is 5.26 Å². The maximum atomic E-state index is 8.97. The van der Waals surface area contributed by atoms with Crippen LogP contribution >= 0.6 is 15.9 Å². The Balaban J connectivity index is 2.23. The highest BCUT2D eigenvalue weighted by atomic mass is 79.9. The lowest BCUT2D eigenvalue weighted by atomic mass is 10.2. The van der Waals surface area contributed by atoms with Crippen LogP contribution in [0, 0.1) is 11.3 Å². The van der Waals surface area contributed by atoms with Gasteiger partial charge in [0.1, 0.15) is 6.61 Å². The van der Waals surface area contributed by atoms with Crippen LogP contribution in [-0.2, 0) is 6.61 Å². The van der Waals surface area contributed by atoms with Crippen LogP contribution in [0.2, 0.25) is 0 Å². The molecule has 2 aromatic carbocycles. The number of halogens is 1. The van der Waals surface area contributed by atoms with Crippen molar-refractivity contribution < 1.29 is 18.9 Å². The van der Waals surface area contributed by atoms with E-state index in [0.29, 0.717) is 48.4 Å². The average Bonchev–Trinajstić information content (AvgIpc) is 2.63.